The minimum Gasteiger partial charge on any atom is -0.381 e. The largest absolute Gasteiger partial charge is 0.381 e. The Morgan fingerprint density at radius 1 is 1.15 bits per heavy atom. The Labute approximate surface area is 160 Å². The van der Waals surface area contributed by atoms with Crippen LogP contribution in [0.3, 0.4) is 0 Å². The Bertz CT molecular complexity index is 757. The molecule has 0 spiro atoms. The maximum absolute atomic E-state index is 12.4. The van der Waals surface area contributed by atoms with Crippen LogP contribution in [-0.2, 0) is 13.6 Å². The zero-order valence-corrected chi connectivity index (χ0v) is 16.0. The number of hydrogen-bond donors (Lipinski definition) is 2. The van der Waals surface area contributed by atoms with Crippen LogP contribution in [0.25, 0.3) is 0 Å². The summed E-state index contributed by atoms with van der Waals surface area (Å²) in [5.74, 6) is 0.641. The van der Waals surface area contributed by atoms with Crippen molar-refractivity contribution in [3.63, 3.8) is 0 Å². The molecule has 2 aromatic rings. The molecule has 27 heavy (non-hydrogen) atoms. The lowest BCUT2D eigenvalue weighted by Crippen LogP contribution is -2.39. The molecular formula is C21H29N5O. The minimum atomic E-state index is 0.0263. The summed E-state index contributed by atoms with van der Waals surface area (Å²) in [6.45, 7) is 3.91. The number of nitrogens with one attached hydrogen (secondary N) is 2. The van der Waals surface area contributed by atoms with Gasteiger partial charge in [-0.1, -0.05) is 0 Å². The van der Waals surface area contributed by atoms with Crippen LogP contribution in [0.15, 0.2) is 36.7 Å². The molecule has 2 aliphatic rings. The number of rotatable bonds is 7. The first-order valence-corrected chi connectivity index (χ1v) is 10.0. The molecule has 1 aliphatic heterocycles. The highest BCUT2D eigenvalue weighted by molar-refractivity contribution is 5.94. The van der Waals surface area contributed by atoms with Crippen LogP contribution in [0, 0.1) is 5.92 Å². The molecule has 2 N–H and O–H groups in total. The van der Waals surface area contributed by atoms with Crippen molar-refractivity contribution in [2.45, 2.75) is 38.3 Å². The molecule has 1 aromatic carbocycles. The van der Waals surface area contributed by atoms with Crippen molar-refractivity contribution in [1.29, 1.82) is 0 Å². The van der Waals surface area contributed by atoms with Crippen LogP contribution in [0.5, 0.6) is 0 Å². The Kier molecular flexibility index (Phi) is 5.43. The molecule has 144 valence electrons. The van der Waals surface area contributed by atoms with Crippen molar-refractivity contribution < 1.29 is 4.79 Å². The predicted octanol–water partition coefficient (Wildman–Crippen LogP) is 2.64. The fourth-order valence-electron chi connectivity index (χ4n) is 3.81. The van der Waals surface area contributed by atoms with Gasteiger partial charge in [0.05, 0.1) is 6.20 Å². The molecular weight excluding hydrogens is 338 g/mol. The van der Waals surface area contributed by atoms with Crippen LogP contribution in [0.4, 0.5) is 5.69 Å². The summed E-state index contributed by atoms with van der Waals surface area (Å²) in [5, 5.41) is 10.6. The SMILES string of the molecule is Cn1cc(CNc2ccc(C(=O)NCC3CCN(C4CC4)CC3)cc2)cn1. The van der Waals surface area contributed by atoms with Gasteiger partial charge in [0.25, 0.3) is 5.91 Å². The van der Waals surface area contributed by atoms with E-state index in [4.69, 9.17) is 0 Å². The van der Waals surface area contributed by atoms with Gasteiger partial charge < -0.3 is 15.5 Å². The van der Waals surface area contributed by atoms with E-state index in [1.165, 1.54) is 38.8 Å². The summed E-state index contributed by atoms with van der Waals surface area (Å²) in [6.07, 6.45) is 9.01. The maximum Gasteiger partial charge on any atom is 0.251 e. The molecule has 6 heteroatoms. The number of amides is 1. The van der Waals surface area contributed by atoms with E-state index in [2.05, 4.69) is 20.6 Å². The number of hydrogen-bond acceptors (Lipinski definition) is 4. The molecule has 4 rings (SSSR count). The van der Waals surface area contributed by atoms with Crippen molar-refractivity contribution in [2.24, 2.45) is 13.0 Å². The first-order valence-electron chi connectivity index (χ1n) is 10.0. The Hall–Kier alpha value is -2.34. The van der Waals surface area contributed by atoms with E-state index in [1.807, 2.05) is 43.7 Å². The number of aryl methyl sites for hydroxylation is 1. The van der Waals surface area contributed by atoms with E-state index < -0.39 is 0 Å². The Morgan fingerprint density at radius 2 is 1.89 bits per heavy atom. The van der Waals surface area contributed by atoms with Gasteiger partial charge in [0.1, 0.15) is 0 Å². The summed E-state index contributed by atoms with van der Waals surface area (Å²) in [7, 11) is 1.91. The fourth-order valence-corrected chi connectivity index (χ4v) is 3.81. The molecule has 1 aromatic heterocycles. The fraction of sp³-hybridized carbons (Fsp3) is 0.524. The number of carbonyl (C=O) groups excluding carboxylic acids is 1. The first-order chi connectivity index (χ1) is 13.2. The molecule has 2 heterocycles. The normalized spacial score (nSPS) is 18.4. The predicted molar refractivity (Wildman–Crippen MR) is 107 cm³/mol. The van der Waals surface area contributed by atoms with Crippen molar-refractivity contribution in [1.82, 2.24) is 20.0 Å². The van der Waals surface area contributed by atoms with Gasteiger partial charge in [-0.05, 0) is 69.0 Å². The molecule has 1 amide bonds. The third-order valence-corrected chi connectivity index (χ3v) is 5.67. The monoisotopic (exact) mass is 367 g/mol. The van der Waals surface area contributed by atoms with Gasteiger partial charge in [-0.15, -0.1) is 0 Å². The third-order valence-electron chi connectivity index (χ3n) is 5.67. The second-order valence-electron chi connectivity index (χ2n) is 7.87. The lowest BCUT2D eigenvalue weighted by atomic mass is 9.96. The standard InChI is InChI=1S/C21H29N5O/c1-25-15-17(14-24-25)13-22-19-4-2-18(3-5-19)21(27)23-12-16-8-10-26(11-9-16)20-6-7-20/h2-5,14-16,20,22H,6-13H2,1H3,(H,23,27). The number of carbonyl (C=O) groups is 1. The van der Waals surface area contributed by atoms with Crippen molar-refractivity contribution >= 4 is 11.6 Å². The molecule has 0 unspecified atom stereocenters. The lowest BCUT2D eigenvalue weighted by molar-refractivity contribution is 0.0935. The van der Waals surface area contributed by atoms with E-state index in [0.717, 1.165) is 35.9 Å². The number of nitrogens with zero attached hydrogens (tertiary/aromatic N) is 3. The third kappa shape index (κ3) is 4.89. The van der Waals surface area contributed by atoms with E-state index in [-0.39, 0.29) is 5.91 Å². The van der Waals surface area contributed by atoms with Gasteiger partial charge >= 0.3 is 0 Å². The lowest BCUT2D eigenvalue weighted by Gasteiger charge is -2.32. The summed E-state index contributed by atoms with van der Waals surface area (Å²) in [5.41, 5.74) is 2.85. The zero-order chi connectivity index (χ0) is 18.6. The molecule has 0 radical (unpaired) electrons. The summed E-state index contributed by atoms with van der Waals surface area (Å²) < 4.78 is 1.79. The maximum atomic E-state index is 12.4. The Balaban J connectivity index is 1.20. The summed E-state index contributed by atoms with van der Waals surface area (Å²) in [4.78, 5) is 15.0. The van der Waals surface area contributed by atoms with Crippen LogP contribution >= 0.6 is 0 Å². The van der Waals surface area contributed by atoms with Crippen LogP contribution in [0.1, 0.15) is 41.6 Å². The second kappa shape index (κ2) is 8.13. The number of aromatic nitrogens is 2. The van der Waals surface area contributed by atoms with E-state index >= 15 is 0 Å². The number of benzene rings is 1. The van der Waals surface area contributed by atoms with E-state index in [1.54, 1.807) is 4.68 Å². The van der Waals surface area contributed by atoms with Gasteiger partial charge in [0.15, 0.2) is 0 Å². The van der Waals surface area contributed by atoms with Gasteiger partial charge in [0, 0.05) is 49.2 Å². The summed E-state index contributed by atoms with van der Waals surface area (Å²) >= 11 is 0. The molecule has 0 atom stereocenters. The molecule has 1 saturated heterocycles. The quantitative estimate of drug-likeness (QED) is 0.790. The van der Waals surface area contributed by atoms with Crippen molar-refractivity contribution in [3.05, 3.63) is 47.8 Å². The highest BCUT2D eigenvalue weighted by atomic mass is 16.1. The van der Waals surface area contributed by atoms with Gasteiger partial charge in [-0.25, -0.2) is 0 Å². The van der Waals surface area contributed by atoms with Crippen LogP contribution in [0.2, 0.25) is 0 Å². The van der Waals surface area contributed by atoms with Crippen LogP contribution < -0.4 is 10.6 Å². The smallest absolute Gasteiger partial charge is 0.251 e. The molecule has 1 aliphatic carbocycles. The average molecular weight is 367 g/mol. The van der Waals surface area contributed by atoms with E-state index in [0.29, 0.717) is 5.92 Å². The average Bonchev–Trinajstić information content (AvgIpc) is 3.47. The second-order valence-corrected chi connectivity index (χ2v) is 7.87. The molecule has 2 fully saturated rings. The van der Waals surface area contributed by atoms with Gasteiger partial charge in [-0.2, -0.15) is 5.10 Å². The topological polar surface area (TPSA) is 62.2 Å². The van der Waals surface area contributed by atoms with Gasteiger partial charge in [-0.3, -0.25) is 9.48 Å². The molecule has 0 bridgehead atoms. The highest BCUT2D eigenvalue weighted by Crippen LogP contribution is 2.30. The van der Waals surface area contributed by atoms with E-state index in [9.17, 15) is 4.79 Å². The summed E-state index contributed by atoms with van der Waals surface area (Å²) in [6, 6.07) is 8.55. The number of anilines is 1. The molecule has 6 nitrogen and oxygen atoms in total. The van der Waals surface area contributed by atoms with Gasteiger partial charge in [0.2, 0.25) is 0 Å². The highest BCUT2D eigenvalue weighted by Gasteiger charge is 2.31. The first kappa shape index (κ1) is 18.0. The Morgan fingerprint density at radius 3 is 2.52 bits per heavy atom. The number of likely N-dealkylation sites (tertiary alicyclic amines) is 1. The zero-order valence-electron chi connectivity index (χ0n) is 16.0. The number of piperidine rings is 1. The van der Waals surface area contributed by atoms with Crippen molar-refractivity contribution in [2.75, 3.05) is 25.0 Å². The minimum absolute atomic E-state index is 0.0263. The molecule has 1 saturated carbocycles. The van der Waals surface area contributed by atoms with Crippen LogP contribution in [-0.4, -0.2) is 46.3 Å². The van der Waals surface area contributed by atoms with Crippen molar-refractivity contribution in [3.8, 4) is 0 Å².